The number of hydrogen-bond donors (Lipinski definition) is 4. The predicted octanol–water partition coefficient (Wildman–Crippen LogP) is 1.90. The highest BCUT2D eigenvalue weighted by Crippen LogP contribution is 2.45. The van der Waals surface area contributed by atoms with Crippen LogP contribution < -0.4 is 0 Å². The third-order valence-electron chi connectivity index (χ3n) is 4.27. The second kappa shape index (κ2) is 4.57. The van der Waals surface area contributed by atoms with Gasteiger partial charge in [-0.25, -0.2) is 4.79 Å². The van der Waals surface area contributed by atoms with E-state index in [0.29, 0.717) is 5.56 Å². The summed E-state index contributed by atoms with van der Waals surface area (Å²) in [5, 5.41) is 40.0. The first-order valence-electron chi connectivity index (χ1n) is 6.87. The Morgan fingerprint density at radius 2 is 1.78 bits per heavy atom. The van der Waals surface area contributed by atoms with Gasteiger partial charge in [-0.1, -0.05) is 12.1 Å². The topological polar surface area (TPSA) is 115 Å². The number of phenolic OH excluding ortho intramolecular Hbond substituents is 1. The van der Waals surface area contributed by atoms with Crippen molar-refractivity contribution in [3.8, 4) is 11.5 Å². The molecule has 0 amide bonds. The summed E-state index contributed by atoms with van der Waals surface area (Å²) in [5.74, 6) is -2.77. The van der Waals surface area contributed by atoms with Crippen LogP contribution >= 0.6 is 0 Å². The lowest BCUT2D eigenvalue weighted by molar-refractivity contribution is 0.0691. The monoisotopic (exact) mass is 314 g/mol. The van der Waals surface area contributed by atoms with Crippen LogP contribution in [-0.2, 0) is 5.60 Å². The molecule has 1 unspecified atom stereocenters. The minimum atomic E-state index is -1.65. The highest BCUT2D eigenvalue weighted by molar-refractivity contribution is 6.15. The zero-order valence-electron chi connectivity index (χ0n) is 12.4. The van der Waals surface area contributed by atoms with Gasteiger partial charge in [-0.05, 0) is 31.5 Å². The summed E-state index contributed by atoms with van der Waals surface area (Å²) in [6.07, 6.45) is 0. The number of aromatic hydroxyl groups is 2. The molecule has 2 aromatic rings. The molecular weight excluding hydrogens is 300 g/mol. The van der Waals surface area contributed by atoms with Crippen molar-refractivity contribution in [1.29, 1.82) is 0 Å². The minimum absolute atomic E-state index is 0.0514. The molecule has 0 bridgehead atoms. The third kappa shape index (κ3) is 1.92. The van der Waals surface area contributed by atoms with Crippen molar-refractivity contribution in [2.45, 2.75) is 19.4 Å². The number of hydrogen-bond acceptors (Lipinski definition) is 5. The lowest BCUT2D eigenvalue weighted by atomic mass is 9.74. The molecule has 0 aromatic heterocycles. The Labute approximate surface area is 131 Å². The van der Waals surface area contributed by atoms with Crippen LogP contribution in [0.2, 0.25) is 0 Å². The molecule has 2 aromatic carbocycles. The number of carboxylic acids is 1. The van der Waals surface area contributed by atoms with Gasteiger partial charge in [0, 0.05) is 16.7 Å². The van der Waals surface area contributed by atoms with E-state index in [-0.39, 0.29) is 28.0 Å². The molecule has 1 aliphatic rings. The summed E-state index contributed by atoms with van der Waals surface area (Å²) in [6, 6.07) is 5.21. The number of aryl methyl sites for hydroxylation is 1. The van der Waals surface area contributed by atoms with Gasteiger partial charge in [0.15, 0.2) is 5.78 Å². The van der Waals surface area contributed by atoms with E-state index in [4.69, 9.17) is 5.11 Å². The van der Waals surface area contributed by atoms with Gasteiger partial charge in [0.05, 0.1) is 5.56 Å². The van der Waals surface area contributed by atoms with Gasteiger partial charge >= 0.3 is 5.97 Å². The molecule has 0 saturated carbocycles. The zero-order valence-corrected chi connectivity index (χ0v) is 12.4. The van der Waals surface area contributed by atoms with E-state index in [1.54, 1.807) is 13.0 Å². The number of carbonyl (C=O) groups excluding carboxylic acids is 1. The fourth-order valence-electron chi connectivity index (χ4n) is 2.96. The number of carboxylic acid groups (broad SMARTS) is 1. The Kier molecular flexibility index (Phi) is 2.99. The maximum Gasteiger partial charge on any atom is 0.339 e. The van der Waals surface area contributed by atoms with Crippen molar-refractivity contribution < 1.29 is 30.0 Å². The molecule has 1 aliphatic carbocycles. The summed E-state index contributed by atoms with van der Waals surface area (Å²) in [6.45, 7) is 3.04. The smallest absolute Gasteiger partial charge is 0.339 e. The van der Waals surface area contributed by atoms with E-state index in [1.165, 1.54) is 13.0 Å². The first kappa shape index (κ1) is 15.1. The maximum atomic E-state index is 12.7. The van der Waals surface area contributed by atoms with Crippen LogP contribution in [0.25, 0.3) is 0 Å². The van der Waals surface area contributed by atoms with Crippen LogP contribution in [0.1, 0.15) is 49.9 Å². The molecule has 3 rings (SSSR count). The first-order chi connectivity index (χ1) is 10.7. The Bertz CT molecular complexity index is 879. The highest BCUT2D eigenvalue weighted by Gasteiger charge is 2.41. The summed E-state index contributed by atoms with van der Waals surface area (Å²) in [7, 11) is 0. The van der Waals surface area contributed by atoms with E-state index in [2.05, 4.69) is 0 Å². The molecule has 0 aliphatic heterocycles. The Morgan fingerprint density at radius 3 is 2.39 bits per heavy atom. The fraction of sp³-hybridized carbons (Fsp3) is 0.176. The number of phenols is 2. The van der Waals surface area contributed by atoms with E-state index in [9.17, 15) is 24.9 Å². The summed E-state index contributed by atoms with van der Waals surface area (Å²) in [5.41, 5.74) is -1.43. The summed E-state index contributed by atoms with van der Waals surface area (Å²) in [4.78, 5) is 23.9. The van der Waals surface area contributed by atoms with E-state index >= 15 is 0 Å². The molecular formula is C17H14O6. The molecule has 6 heteroatoms. The maximum absolute atomic E-state index is 12.7. The van der Waals surface area contributed by atoms with Gasteiger partial charge in [0.2, 0.25) is 0 Å². The molecule has 0 fully saturated rings. The molecule has 4 N–H and O–H groups in total. The van der Waals surface area contributed by atoms with Crippen molar-refractivity contribution in [1.82, 2.24) is 0 Å². The molecule has 23 heavy (non-hydrogen) atoms. The standard InChI is InChI=1S/C17H14O6/c1-7-3-4-10-13(14(7)19)15(20)8-5-9(16(21)22)12(18)6-11(8)17(10,2)23/h3-6,18-19,23H,1-2H3,(H,21,22). The number of aliphatic hydroxyl groups is 1. The van der Waals surface area contributed by atoms with Crippen molar-refractivity contribution in [2.24, 2.45) is 0 Å². The van der Waals surface area contributed by atoms with Gasteiger partial charge in [-0.2, -0.15) is 0 Å². The number of benzene rings is 2. The van der Waals surface area contributed by atoms with Gasteiger partial charge < -0.3 is 20.4 Å². The molecule has 0 saturated heterocycles. The number of rotatable bonds is 1. The van der Waals surface area contributed by atoms with Crippen LogP contribution in [0, 0.1) is 6.92 Å². The Balaban J connectivity index is 2.39. The molecule has 0 radical (unpaired) electrons. The average molecular weight is 314 g/mol. The van der Waals surface area contributed by atoms with Gasteiger partial charge in [-0.15, -0.1) is 0 Å². The van der Waals surface area contributed by atoms with Crippen molar-refractivity contribution >= 4 is 11.8 Å². The molecule has 118 valence electrons. The fourth-order valence-corrected chi connectivity index (χ4v) is 2.96. The van der Waals surface area contributed by atoms with Crippen molar-refractivity contribution in [3.05, 3.63) is 57.6 Å². The largest absolute Gasteiger partial charge is 0.507 e. The van der Waals surface area contributed by atoms with Crippen molar-refractivity contribution in [3.63, 3.8) is 0 Å². The zero-order chi connectivity index (χ0) is 17.1. The predicted molar refractivity (Wildman–Crippen MR) is 80.0 cm³/mol. The van der Waals surface area contributed by atoms with Crippen LogP contribution in [0.4, 0.5) is 0 Å². The average Bonchev–Trinajstić information content (AvgIpc) is 2.47. The molecule has 6 nitrogen and oxygen atoms in total. The van der Waals surface area contributed by atoms with E-state index in [1.807, 2.05) is 0 Å². The van der Waals surface area contributed by atoms with Gasteiger partial charge in [-0.3, -0.25) is 4.79 Å². The molecule has 0 heterocycles. The van der Waals surface area contributed by atoms with Crippen LogP contribution in [0.3, 0.4) is 0 Å². The number of fused-ring (bicyclic) bond motifs is 2. The number of carbonyl (C=O) groups is 2. The summed E-state index contributed by atoms with van der Waals surface area (Å²) >= 11 is 0. The second-order valence-electron chi connectivity index (χ2n) is 5.78. The first-order valence-corrected chi connectivity index (χ1v) is 6.87. The van der Waals surface area contributed by atoms with E-state index < -0.39 is 28.7 Å². The van der Waals surface area contributed by atoms with Crippen LogP contribution in [0.5, 0.6) is 11.5 Å². The molecule has 0 spiro atoms. The third-order valence-corrected chi connectivity index (χ3v) is 4.27. The Hall–Kier alpha value is -2.86. The van der Waals surface area contributed by atoms with Crippen molar-refractivity contribution in [2.75, 3.05) is 0 Å². The van der Waals surface area contributed by atoms with Crippen LogP contribution in [-0.4, -0.2) is 32.2 Å². The quantitative estimate of drug-likeness (QED) is 0.639. The summed E-state index contributed by atoms with van der Waals surface area (Å²) < 4.78 is 0. The lowest BCUT2D eigenvalue weighted by Gasteiger charge is -2.33. The Morgan fingerprint density at radius 1 is 1.13 bits per heavy atom. The van der Waals surface area contributed by atoms with Crippen LogP contribution in [0.15, 0.2) is 24.3 Å². The van der Waals surface area contributed by atoms with Gasteiger partial charge in [0.1, 0.15) is 22.7 Å². The number of ketones is 1. The normalized spacial score (nSPS) is 19.2. The number of aromatic carboxylic acids is 1. The highest BCUT2D eigenvalue weighted by atomic mass is 16.4. The minimum Gasteiger partial charge on any atom is -0.507 e. The van der Waals surface area contributed by atoms with Gasteiger partial charge in [0.25, 0.3) is 0 Å². The lowest BCUT2D eigenvalue weighted by Crippen LogP contribution is -2.33. The van der Waals surface area contributed by atoms with E-state index in [0.717, 1.165) is 12.1 Å². The second-order valence-corrected chi connectivity index (χ2v) is 5.78. The SMILES string of the molecule is Cc1ccc2c(c1O)C(=O)c1cc(C(=O)O)c(O)cc1C2(C)O. The molecule has 1 atom stereocenters.